The van der Waals surface area contributed by atoms with E-state index in [9.17, 15) is 9.59 Å². The first-order valence-corrected chi connectivity index (χ1v) is 5.68. The smallest absolute Gasteiger partial charge is 0.319 e. The maximum Gasteiger partial charge on any atom is 0.319 e. The first-order chi connectivity index (χ1) is 7.61. The lowest BCUT2D eigenvalue weighted by molar-refractivity contribution is -0.190. The van der Waals surface area contributed by atoms with Crippen molar-refractivity contribution in [1.29, 1.82) is 0 Å². The molecular weight excluding hydrogens is 212 g/mol. The lowest BCUT2D eigenvalue weighted by Gasteiger charge is -2.20. The highest BCUT2D eigenvalue weighted by molar-refractivity contribution is 5.90. The summed E-state index contributed by atoms with van der Waals surface area (Å²) in [6.45, 7) is 1.84. The van der Waals surface area contributed by atoms with E-state index in [-0.39, 0.29) is 6.10 Å². The van der Waals surface area contributed by atoms with Crippen LogP contribution in [0.25, 0.3) is 0 Å². The van der Waals surface area contributed by atoms with Gasteiger partial charge in [0.25, 0.3) is 0 Å². The van der Waals surface area contributed by atoms with Gasteiger partial charge < -0.3 is 14.6 Å². The van der Waals surface area contributed by atoms with Crippen LogP contribution in [-0.2, 0) is 19.1 Å². The Balaban J connectivity index is 2.29. The Morgan fingerprint density at radius 2 is 2.00 bits per heavy atom. The Bertz CT molecular complexity index is 245. The molecule has 1 saturated carbocycles. The fourth-order valence-electron chi connectivity index (χ4n) is 1.76. The SMILES string of the molecule is CCC(OC(=O)CC(=O)O)OC1CCCC1. The van der Waals surface area contributed by atoms with E-state index in [1.54, 1.807) is 0 Å². The molecule has 0 aromatic heterocycles. The number of ether oxygens (including phenoxy) is 2. The molecule has 1 fully saturated rings. The van der Waals surface area contributed by atoms with Crippen LogP contribution in [-0.4, -0.2) is 29.4 Å². The average Bonchev–Trinajstić information content (AvgIpc) is 2.68. The van der Waals surface area contributed by atoms with Gasteiger partial charge in [0.15, 0.2) is 0 Å². The van der Waals surface area contributed by atoms with Gasteiger partial charge in [-0.1, -0.05) is 19.8 Å². The summed E-state index contributed by atoms with van der Waals surface area (Å²) in [5, 5.41) is 8.41. The quantitative estimate of drug-likeness (QED) is 0.427. The molecule has 16 heavy (non-hydrogen) atoms. The average molecular weight is 230 g/mol. The molecule has 5 nitrogen and oxygen atoms in total. The summed E-state index contributed by atoms with van der Waals surface area (Å²) >= 11 is 0. The molecule has 0 amide bonds. The Hall–Kier alpha value is -1.10. The summed E-state index contributed by atoms with van der Waals surface area (Å²) < 4.78 is 10.5. The summed E-state index contributed by atoms with van der Waals surface area (Å²) in [7, 11) is 0. The molecule has 1 N–H and O–H groups in total. The zero-order valence-corrected chi connectivity index (χ0v) is 9.48. The molecule has 0 aromatic carbocycles. The second-order valence-corrected chi connectivity index (χ2v) is 3.94. The van der Waals surface area contributed by atoms with Gasteiger partial charge in [0.1, 0.15) is 6.42 Å². The van der Waals surface area contributed by atoms with Gasteiger partial charge in [-0.15, -0.1) is 0 Å². The first-order valence-electron chi connectivity index (χ1n) is 5.68. The van der Waals surface area contributed by atoms with Crippen molar-refractivity contribution in [2.45, 2.75) is 57.8 Å². The number of hydrogen-bond donors (Lipinski definition) is 1. The van der Waals surface area contributed by atoms with Crippen LogP contribution < -0.4 is 0 Å². The minimum absolute atomic E-state index is 0.155. The molecule has 1 rings (SSSR count). The Morgan fingerprint density at radius 3 is 2.50 bits per heavy atom. The second-order valence-electron chi connectivity index (χ2n) is 3.94. The van der Waals surface area contributed by atoms with Crippen molar-refractivity contribution in [2.24, 2.45) is 0 Å². The molecule has 1 aliphatic carbocycles. The number of carbonyl (C=O) groups excluding carboxylic acids is 1. The third kappa shape index (κ3) is 4.61. The van der Waals surface area contributed by atoms with E-state index in [4.69, 9.17) is 14.6 Å². The second kappa shape index (κ2) is 6.48. The summed E-state index contributed by atoms with van der Waals surface area (Å²) in [4.78, 5) is 21.4. The molecule has 1 aliphatic rings. The van der Waals surface area contributed by atoms with Crippen molar-refractivity contribution >= 4 is 11.9 Å². The van der Waals surface area contributed by atoms with Gasteiger partial charge in [-0.2, -0.15) is 0 Å². The number of rotatable bonds is 6. The minimum Gasteiger partial charge on any atom is -0.481 e. The highest BCUT2D eigenvalue weighted by Gasteiger charge is 2.22. The zero-order chi connectivity index (χ0) is 12.0. The monoisotopic (exact) mass is 230 g/mol. The fraction of sp³-hybridized carbons (Fsp3) is 0.818. The van der Waals surface area contributed by atoms with Crippen molar-refractivity contribution in [1.82, 2.24) is 0 Å². The number of carboxylic acids is 1. The highest BCUT2D eigenvalue weighted by Crippen LogP contribution is 2.23. The van der Waals surface area contributed by atoms with Gasteiger partial charge in [0, 0.05) is 6.42 Å². The van der Waals surface area contributed by atoms with E-state index < -0.39 is 24.6 Å². The number of carboxylic acid groups (broad SMARTS) is 1. The van der Waals surface area contributed by atoms with Gasteiger partial charge in [0.2, 0.25) is 6.29 Å². The van der Waals surface area contributed by atoms with Crippen LogP contribution in [0, 0.1) is 0 Å². The molecule has 0 heterocycles. The van der Waals surface area contributed by atoms with Crippen molar-refractivity contribution < 1.29 is 24.2 Å². The molecule has 0 bridgehead atoms. The van der Waals surface area contributed by atoms with E-state index in [0.717, 1.165) is 25.7 Å². The van der Waals surface area contributed by atoms with E-state index in [1.165, 1.54) is 0 Å². The van der Waals surface area contributed by atoms with Gasteiger partial charge in [-0.05, 0) is 12.8 Å². The Morgan fingerprint density at radius 1 is 1.38 bits per heavy atom. The summed E-state index contributed by atoms with van der Waals surface area (Å²) in [6.07, 6.45) is 3.76. The van der Waals surface area contributed by atoms with E-state index in [1.807, 2.05) is 6.92 Å². The van der Waals surface area contributed by atoms with E-state index in [2.05, 4.69) is 0 Å². The van der Waals surface area contributed by atoms with Gasteiger partial charge in [-0.25, -0.2) is 0 Å². The number of esters is 1. The van der Waals surface area contributed by atoms with E-state index in [0.29, 0.717) is 6.42 Å². The molecular formula is C11H18O5. The number of carbonyl (C=O) groups is 2. The van der Waals surface area contributed by atoms with Crippen LogP contribution in [0.4, 0.5) is 0 Å². The normalized spacial score (nSPS) is 18.3. The van der Waals surface area contributed by atoms with Crippen molar-refractivity contribution in [3.63, 3.8) is 0 Å². The molecule has 1 unspecified atom stereocenters. The van der Waals surface area contributed by atoms with Crippen LogP contribution >= 0.6 is 0 Å². The van der Waals surface area contributed by atoms with Gasteiger partial charge in [0.05, 0.1) is 6.10 Å². The zero-order valence-electron chi connectivity index (χ0n) is 9.48. The Labute approximate surface area is 94.7 Å². The topological polar surface area (TPSA) is 72.8 Å². The van der Waals surface area contributed by atoms with Crippen LogP contribution in [0.1, 0.15) is 45.4 Å². The Kier molecular flexibility index (Phi) is 5.25. The fourth-order valence-corrected chi connectivity index (χ4v) is 1.76. The molecule has 0 radical (unpaired) electrons. The van der Waals surface area contributed by atoms with Gasteiger partial charge >= 0.3 is 11.9 Å². The molecule has 0 aromatic rings. The van der Waals surface area contributed by atoms with Crippen LogP contribution in [0.3, 0.4) is 0 Å². The maximum atomic E-state index is 11.1. The van der Waals surface area contributed by atoms with Crippen LogP contribution in [0.5, 0.6) is 0 Å². The molecule has 0 aliphatic heterocycles. The van der Waals surface area contributed by atoms with Crippen molar-refractivity contribution in [3.8, 4) is 0 Å². The number of hydrogen-bond acceptors (Lipinski definition) is 4. The summed E-state index contributed by atoms with van der Waals surface area (Å²) in [5.41, 5.74) is 0. The lowest BCUT2D eigenvalue weighted by Crippen LogP contribution is -2.26. The maximum absolute atomic E-state index is 11.1. The predicted octanol–water partition coefficient (Wildman–Crippen LogP) is 1.70. The standard InChI is InChI=1S/C11H18O5/c1-2-11(15-8-5-3-4-6-8)16-10(14)7-9(12)13/h8,11H,2-7H2,1H3,(H,12,13). The van der Waals surface area contributed by atoms with Crippen LogP contribution in [0.2, 0.25) is 0 Å². The molecule has 0 spiro atoms. The number of aliphatic carboxylic acids is 1. The minimum atomic E-state index is -1.18. The van der Waals surface area contributed by atoms with Gasteiger partial charge in [-0.3, -0.25) is 9.59 Å². The van der Waals surface area contributed by atoms with Crippen molar-refractivity contribution in [2.75, 3.05) is 0 Å². The molecule has 92 valence electrons. The molecule has 5 heteroatoms. The lowest BCUT2D eigenvalue weighted by atomic mass is 10.3. The summed E-state index contributed by atoms with van der Waals surface area (Å²) in [5.74, 6) is -1.92. The van der Waals surface area contributed by atoms with Crippen molar-refractivity contribution in [3.05, 3.63) is 0 Å². The largest absolute Gasteiger partial charge is 0.481 e. The molecule has 1 atom stereocenters. The third-order valence-electron chi connectivity index (χ3n) is 2.54. The predicted molar refractivity (Wildman–Crippen MR) is 55.8 cm³/mol. The molecule has 0 saturated heterocycles. The highest BCUT2D eigenvalue weighted by atomic mass is 16.7. The van der Waals surface area contributed by atoms with Crippen LogP contribution in [0.15, 0.2) is 0 Å². The van der Waals surface area contributed by atoms with E-state index >= 15 is 0 Å². The summed E-state index contributed by atoms with van der Waals surface area (Å²) in [6, 6.07) is 0. The third-order valence-corrected chi connectivity index (χ3v) is 2.54. The first kappa shape index (κ1) is 13.0.